The second-order valence-electron chi connectivity index (χ2n) is 3.23. The molecule has 0 spiro atoms. The lowest BCUT2D eigenvalue weighted by Gasteiger charge is -1.92. The van der Waals surface area contributed by atoms with Crippen molar-refractivity contribution in [3.63, 3.8) is 0 Å². The lowest BCUT2D eigenvalue weighted by atomic mass is 10.2. The molecule has 0 aliphatic heterocycles. The van der Waals surface area contributed by atoms with Gasteiger partial charge in [-0.3, -0.25) is 4.79 Å². The van der Waals surface area contributed by atoms with Crippen molar-refractivity contribution in [2.24, 2.45) is 0 Å². The van der Waals surface area contributed by atoms with E-state index in [1.165, 1.54) is 29.5 Å². The van der Waals surface area contributed by atoms with Crippen LogP contribution in [0.5, 0.6) is 0 Å². The van der Waals surface area contributed by atoms with Gasteiger partial charge in [0.2, 0.25) is 0 Å². The molecule has 2 rings (SSSR count). The molecule has 1 aromatic carbocycles. The van der Waals surface area contributed by atoms with Crippen LogP contribution in [0, 0.1) is 5.82 Å². The lowest BCUT2D eigenvalue weighted by Crippen LogP contribution is -1.88. The van der Waals surface area contributed by atoms with E-state index in [-0.39, 0.29) is 11.6 Å². The van der Waals surface area contributed by atoms with E-state index < -0.39 is 0 Å². The number of hydrogen-bond donors (Lipinski definition) is 0. The number of ketones is 1. The smallest absolute Gasteiger partial charge is 0.195 e. The molecule has 0 aliphatic carbocycles. The molecule has 80 valence electrons. The third-order valence-corrected chi connectivity index (χ3v) is 2.92. The molecular formula is C13H9FOS. The SMILES string of the molecule is O=C(/C=C\c1cccc(F)c1)c1cccs1. The van der Waals surface area contributed by atoms with E-state index in [9.17, 15) is 9.18 Å². The van der Waals surface area contributed by atoms with Gasteiger partial charge in [-0.1, -0.05) is 24.3 Å². The van der Waals surface area contributed by atoms with Crippen molar-refractivity contribution in [3.05, 3.63) is 64.1 Å². The van der Waals surface area contributed by atoms with E-state index >= 15 is 0 Å². The van der Waals surface area contributed by atoms with Gasteiger partial charge in [-0.15, -0.1) is 11.3 Å². The van der Waals surface area contributed by atoms with Gasteiger partial charge in [-0.05, 0) is 35.2 Å². The highest BCUT2D eigenvalue weighted by Gasteiger charge is 2.01. The predicted molar refractivity (Wildman–Crippen MR) is 64.1 cm³/mol. The third-order valence-electron chi connectivity index (χ3n) is 2.04. The van der Waals surface area contributed by atoms with Gasteiger partial charge in [0.15, 0.2) is 5.78 Å². The highest BCUT2D eigenvalue weighted by atomic mass is 32.1. The fourth-order valence-corrected chi connectivity index (χ4v) is 1.93. The van der Waals surface area contributed by atoms with Crippen molar-refractivity contribution in [3.8, 4) is 0 Å². The topological polar surface area (TPSA) is 17.1 Å². The number of rotatable bonds is 3. The molecule has 1 nitrogen and oxygen atoms in total. The minimum Gasteiger partial charge on any atom is -0.288 e. The van der Waals surface area contributed by atoms with Gasteiger partial charge >= 0.3 is 0 Å². The predicted octanol–water partition coefficient (Wildman–Crippen LogP) is 3.78. The summed E-state index contributed by atoms with van der Waals surface area (Å²) in [6.45, 7) is 0. The maximum Gasteiger partial charge on any atom is 0.195 e. The van der Waals surface area contributed by atoms with Gasteiger partial charge in [-0.2, -0.15) is 0 Å². The van der Waals surface area contributed by atoms with Gasteiger partial charge in [0.25, 0.3) is 0 Å². The van der Waals surface area contributed by atoms with Gasteiger partial charge in [0.1, 0.15) is 5.82 Å². The first kappa shape index (κ1) is 10.8. The Kier molecular flexibility index (Phi) is 3.27. The van der Waals surface area contributed by atoms with Crippen LogP contribution in [0.1, 0.15) is 15.2 Å². The monoisotopic (exact) mass is 232 g/mol. The molecule has 0 aliphatic rings. The molecule has 0 amide bonds. The molecular weight excluding hydrogens is 223 g/mol. The van der Waals surface area contributed by atoms with Crippen LogP contribution in [0.3, 0.4) is 0 Å². The second kappa shape index (κ2) is 4.86. The molecule has 16 heavy (non-hydrogen) atoms. The van der Waals surface area contributed by atoms with Crippen LogP contribution in [0.4, 0.5) is 4.39 Å². The molecule has 1 aromatic heterocycles. The quantitative estimate of drug-likeness (QED) is 0.581. The first-order chi connectivity index (χ1) is 7.75. The summed E-state index contributed by atoms with van der Waals surface area (Å²) in [6.07, 6.45) is 3.08. The van der Waals surface area contributed by atoms with Crippen LogP contribution in [-0.2, 0) is 0 Å². The van der Waals surface area contributed by atoms with Gasteiger partial charge < -0.3 is 0 Å². The second-order valence-corrected chi connectivity index (χ2v) is 4.18. The Morgan fingerprint density at radius 2 is 2.12 bits per heavy atom. The number of carbonyl (C=O) groups excluding carboxylic acids is 1. The highest BCUT2D eigenvalue weighted by Crippen LogP contribution is 2.11. The number of carbonyl (C=O) groups is 1. The zero-order valence-corrected chi connectivity index (χ0v) is 9.21. The van der Waals surface area contributed by atoms with Crippen LogP contribution in [0.2, 0.25) is 0 Å². The Balaban J connectivity index is 2.13. The first-order valence-electron chi connectivity index (χ1n) is 4.77. The zero-order chi connectivity index (χ0) is 11.4. The molecule has 0 bridgehead atoms. The van der Waals surface area contributed by atoms with Crippen LogP contribution in [-0.4, -0.2) is 5.78 Å². The van der Waals surface area contributed by atoms with E-state index in [0.29, 0.717) is 10.4 Å². The van der Waals surface area contributed by atoms with Crippen LogP contribution in [0.25, 0.3) is 6.08 Å². The summed E-state index contributed by atoms with van der Waals surface area (Å²) in [5.41, 5.74) is 0.685. The summed E-state index contributed by atoms with van der Waals surface area (Å²) >= 11 is 1.39. The highest BCUT2D eigenvalue weighted by molar-refractivity contribution is 7.12. The van der Waals surface area contributed by atoms with E-state index in [4.69, 9.17) is 0 Å². The van der Waals surface area contributed by atoms with E-state index in [2.05, 4.69) is 0 Å². The molecule has 0 N–H and O–H groups in total. The summed E-state index contributed by atoms with van der Waals surface area (Å²) in [7, 11) is 0. The van der Waals surface area contributed by atoms with Gasteiger partial charge in [0.05, 0.1) is 4.88 Å². The fourth-order valence-electron chi connectivity index (χ4n) is 1.28. The normalized spacial score (nSPS) is 10.8. The van der Waals surface area contributed by atoms with Crippen molar-refractivity contribution in [2.75, 3.05) is 0 Å². The lowest BCUT2D eigenvalue weighted by molar-refractivity contribution is 0.105. The molecule has 0 unspecified atom stereocenters. The fraction of sp³-hybridized carbons (Fsp3) is 0. The van der Waals surface area contributed by atoms with E-state index in [1.54, 1.807) is 24.3 Å². The molecule has 0 fully saturated rings. The summed E-state index contributed by atoms with van der Waals surface area (Å²) in [4.78, 5) is 12.3. The number of halogens is 1. The zero-order valence-electron chi connectivity index (χ0n) is 8.39. The number of thiophene rings is 1. The average Bonchev–Trinajstić information content (AvgIpc) is 2.79. The van der Waals surface area contributed by atoms with E-state index in [1.807, 2.05) is 11.4 Å². The Morgan fingerprint density at radius 1 is 1.25 bits per heavy atom. The minimum atomic E-state index is -0.300. The van der Waals surface area contributed by atoms with Crippen LogP contribution in [0.15, 0.2) is 47.9 Å². The maximum absolute atomic E-state index is 12.8. The molecule has 0 radical (unpaired) electrons. The first-order valence-corrected chi connectivity index (χ1v) is 5.65. The van der Waals surface area contributed by atoms with Crippen molar-refractivity contribution in [2.45, 2.75) is 0 Å². The molecule has 3 heteroatoms. The Bertz CT molecular complexity index is 514. The molecule has 1 heterocycles. The summed E-state index contributed by atoms with van der Waals surface area (Å²) in [6, 6.07) is 9.72. The molecule has 0 saturated carbocycles. The van der Waals surface area contributed by atoms with Crippen molar-refractivity contribution >= 4 is 23.2 Å². The average molecular weight is 232 g/mol. The Morgan fingerprint density at radius 3 is 2.81 bits per heavy atom. The Hall–Kier alpha value is -1.74. The molecule has 0 saturated heterocycles. The Labute approximate surface area is 96.9 Å². The largest absolute Gasteiger partial charge is 0.288 e. The van der Waals surface area contributed by atoms with Crippen molar-refractivity contribution in [1.82, 2.24) is 0 Å². The van der Waals surface area contributed by atoms with Crippen molar-refractivity contribution < 1.29 is 9.18 Å². The summed E-state index contributed by atoms with van der Waals surface area (Å²) in [5, 5.41) is 1.85. The summed E-state index contributed by atoms with van der Waals surface area (Å²) in [5.74, 6) is -0.356. The molecule has 0 atom stereocenters. The number of allylic oxidation sites excluding steroid dienone is 1. The van der Waals surface area contributed by atoms with Gasteiger partial charge in [-0.25, -0.2) is 4.39 Å². The standard InChI is InChI=1S/C13H9FOS/c14-11-4-1-3-10(9-11)6-7-12(15)13-5-2-8-16-13/h1-9H/b7-6-. The molecule has 2 aromatic rings. The van der Waals surface area contributed by atoms with E-state index in [0.717, 1.165) is 0 Å². The summed E-state index contributed by atoms with van der Waals surface area (Å²) < 4.78 is 12.8. The van der Waals surface area contributed by atoms with Gasteiger partial charge in [0, 0.05) is 0 Å². The van der Waals surface area contributed by atoms with Crippen LogP contribution >= 0.6 is 11.3 Å². The van der Waals surface area contributed by atoms with Crippen LogP contribution < -0.4 is 0 Å². The van der Waals surface area contributed by atoms with Crippen molar-refractivity contribution in [1.29, 1.82) is 0 Å². The maximum atomic E-state index is 12.8. The third kappa shape index (κ3) is 2.64. The number of benzene rings is 1. The minimum absolute atomic E-state index is 0.0562. The number of hydrogen-bond acceptors (Lipinski definition) is 2.